The molecule has 18 heavy (non-hydrogen) atoms. The standard InChI is InChI=1S/C14H17N3O/c15-10-14(16-18)13-7-3-2-6-12(13)11-17-8-4-1-5-9-17/h2-3,6-7,18H,1,4-5,8-9,11H2/b16-14-. The molecule has 1 fully saturated rings. The zero-order valence-electron chi connectivity index (χ0n) is 10.3. The van der Waals surface area contributed by atoms with Gasteiger partial charge in [-0.25, -0.2) is 0 Å². The van der Waals surface area contributed by atoms with E-state index in [-0.39, 0.29) is 5.71 Å². The predicted octanol–water partition coefficient (Wildman–Crippen LogP) is 2.37. The smallest absolute Gasteiger partial charge is 0.187 e. The number of likely N-dealkylation sites (tertiary alicyclic amines) is 1. The van der Waals surface area contributed by atoms with Gasteiger partial charge in [0.1, 0.15) is 6.07 Å². The lowest BCUT2D eigenvalue weighted by Crippen LogP contribution is -2.29. The molecule has 94 valence electrons. The lowest BCUT2D eigenvalue weighted by Gasteiger charge is -2.27. The van der Waals surface area contributed by atoms with Gasteiger partial charge in [-0.2, -0.15) is 5.26 Å². The molecule has 1 aromatic carbocycles. The number of piperidine rings is 1. The minimum atomic E-state index is 0.0857. The summed E-state index contributed by atoms with van der Waals surface area (Å²) in [4.78, 5) is 2.38. The third-order valence-electron chi connectivity index (χ3n) is 3.32. The molecule has 0 atom stereocenters. The Kier molecular flexibility index (Phi) is 4.32. The number of hydrogen-bond donors (Lipinski definition) is 1. The summed E-state index contributed by atoms with van der Waals surface area (Å²) < 4.78 is 0. The molecule has 4 heteroatoms. The highest BCUT2D eigenvalue weighted by Gasteiger charge is 2.14. The van der Waals surface area contributed by atoms with Crippen LogP contribution < -0.4 is 0 Å². The number of benzene rings is 1. The highest BCUT2D eigenvalue weighted by atomic mass is 16.4. The monoisotopic (exact) mass is 243 g/mol. The molecule has 2 rings (SSSR count). The van der Waals surface area contributed by atoms with Crippen LogP contribution in [0.3, 0.4) is 0 Å². The van der Waals surface area contributed by atoms with E-state index < -0.39 is 0 Å². The minimum Gasteiger partial charge on any atom is -0.410 e. The molecule has 1 N–H and O–H groups in total. The van der Waals surface area contributed by atoms with Crippen LogP contribution in [-0.4, -0.2) is 28.9 Å². The van der Waals surface area contributed by atoms with Crippen LogP contribution in [0.2, 0.25) is 0 Å². The van der Waals surface area contributed by atoms with Gasteiger partial charge in [0.25, 0.3) is 0 Å². The molecule has 0 radical (unpaired) electrons. The lowest BCUT2D eigenvalue weighted by atomic mass is 10.0. The van der Waals surface area contributed by atoms with Crippen molar-refractivity contribution in [2.75, 3.05) is 13.1 Å². The molecule has 0 saturated carbocycles. The largest absolute Gasteiger partial charge is 0.410 e. The van der Waals surface area contributed by atoms with Gasteiger partial charge < -0.3 is 5.21 Å². The summed E-state index contributed by atoms with van der Waals surface area (Å²) in [6.45, 7) is 3.02. The van der Waals surface area contributed by atoms with Crippen LogP contribution in [0.15, 0.2) is 29.4 Å². The molecule has 1 aliphatic heterocycles. The maximum absolute atomic E-state index is 8.96. The second-order valence-corrected chi connectivity index (χ2v) is 4.55. The summed E-state index contributed by atoms with van der Waals surface area (Å²) in [6, 6.07) is 9.56. The number of oxime groups is 1. The Bertz CT molecular complexity index is 470. The zero-order chi connectivity index (χ0) is 12.8. The molecule has 4 nitrogen and oxygen atoms in total. The summed E-state index contributed by atoms with van der Waals surface area (Å²) >= 11 is 0. The van der Waals surface area contributed by atoms with Gasteiger partial charge in [0.05, 0.1) is 0 Å². The van der Waals surface area contributed by atoms with Crippen molar-refractivity contribution < 1.29 is 5.21 Å². The van der Waals surface area contributed by atoms with Crippen LogP contribution in [0.1, 0.15) is 30.4 Å². The van der Waals surface area contributed by atoms with Crippen molar-refractivity contribution in [3.05, 3.63) is 35.4 Å². The van der Waals surface area contributed by atoms with Gasteiger partial charge in [0, 0.05) is 12.1 Å². The van der Waals surface area contributed by atoms with Gasteiger partial charge in [-0.3, -0.25) is 4.90 Å². The van der Waals surface area contributed by atoms with Gasteiger partial charge in [-0.05, 0) is 31.5 Å². The van der Waals surface area contributed by atoms with Gasteiger partial charge >= 0.3 is 0 Å². The van der Waals surface area contributed by atoms with E-state index in [1.807, 2.05) is 30.3 Å². The molecule has 1 saturated heterocycles. The first-order valence-corrected chi connectivity index (χ1v) is 6.28. The third-order valence-corrected chi connectivity index (χ3v) is 3.32. The molecule has 0 aromatic heterocycles. The summed E-state index contributed by atoms with van der Waals surface area (Å²) in [5, 5.41) is 20.9. The summed E-state index contributed by atoms with van der Waals surface area (Å²) in [5.41, 5.74) is 1.87. The van der Waals surface area contributed by atoms with Crippen LogP contribution in [0, 0.1) is 11.3 Å². The lowest BCUT2D eigenvalue weighted by molar-refractivity contribution is 0.221. The molecular weight excluding hydrogens is 226 g/mol. The average molecular weight is 243 g/mol. The molecule has 0 aliphatic carbocycles. The predicted molar refractivity (Wildman–Crippen MR) is 69.5 cm³/mol. The number of nitriles is 1. The van der Waals surface area contributed by atoms with Crippen molar-refractivity contribution in [2.24, 2.45) is 5.16 Å². The fourth-order valence-corrected chi connectivity index (χ4v) is 2.38. The quantitative estimate of drug-likeness (QED) is 0.503. The van der Waals surface area contributed by atoms with E-state index in [2.05, 4.69) is 10.1 Å². The molecule has 1 heterocycles. The van der Waals surface area contributed by atoms with Gasteiger partial charge in [-0.15, -0.1) is 0 Å². The van der Waals surface area contributed by atoms with E-state index in [9.17, 15) is 0 Å². The topological polar surface area (TPSA) is 59.6 Å². The first kappa shape index (κ1) is 12.6. The summed E-state index contributed by atoms with van der Waals surface area (Å²) in [5.74, 6) is 0. The van der Waals surface area contributed by atoms with Crippen molar-refractivity contribution in [2.45, 2.75) is 25.8 Å². The van der Waals surface area contributed by atoms with E-state index in [1.165, 1.54) is 19.3 Å². The fourth-order valence-electron chi connectivity index (χ4n) is 2.38. The SMILES string of the molecule is N#C/C(=N/O)c1ccccc1CN1CCCCC1. The van der Waals surface area contributed by atoms with Gasteiger partial charge in [-0.1, -0.05) is 35.8 Å². The molecule has 1 aromatic rings. The average Bonchev–Trinajstić information content (AvgIpc) is 2.43. The number of nitrogens with zero attached hydrogens (tertiary/aromatic N) is 3. The van der Waals surface area contributed by atoms with Crippen molar-refractivity contribution in [3.63, 3.8) is 0 Å². The van der Waals surface area contributed by atoms with Crippen LogP contribution in [-0.2, 0) is 6.54 Å². The van der Waals surface area contributed by atoms with E-state index in [1.54, 1.807) is 0 Å². The highest BCUT2D eigenvalue weighted by molar-refractivity contribution is 6.12. The Morgan fingerprint density at radius 2 is 2.00 bits per heavy atom. The maximum Gasteiger partial charge on any atom is 0.187 e. The van der Waals surface area contributed by atoms with Crippen molar-refractivity contribution >= 4 is 5.71 Å². The molecule has 0 amide bonds. The van der Waals surface area contributed by atoms with E-state index in [4.69, 9.17) is 10.5 Å². The molecule has 0 unspecified atom stereocenters. The van der Waals surface area contributed by atoms with Gasteiger partial charge in [0.2, 0.25) is 0 Å². The summed E-state index contributed by atoms with van der Waals surface area (Å²) in [6.07, 6.45) is 3.78. The summed E-state index contributed by atoms with van der Waals surface area (Å²) in [7, 11) is 0. The normalized spacial score (nSPS) is 17.4. The van der Waals surface area contributed by atoms with E-state index in [0.717, 1.165) is 30.8 Å². The number of hydrogen-bond acceptors (Lipinski definition) is 4. The Morgan fingerprint density at radius 1 is 1.28 bits per heavy atom. The molecule has 1 aliphatic rings. The second-order valence-electron chi connectivity index (χ2n) is 4.55. The Balaban J connectivity index is 2.19. The van der Waals surface area contributed by atoms with E-state index >= 15 is 0 Å². The Hall–Kier alpha value is -1.86. The van der Waals surface area contributed by atoms with Crippen LogP contribution in [0.4, 0.5) is 0 Å². The second kappa shape index (κ2) is 6.18. The molecule has 0 bridgehead atoms. The fraction of sp³-hybridized carbons (Fsp3) is 0.429. The first-order valence-electron chi connectivity index (χ1n) is 6.28. The highest BCUT2D eigenvalue weighted by Crippen LogP contribution is 2.16. The third kappa shape index (κ3) is 2.88. The van der Waals surface area contributed by atoms with Crippen molar-refractivity contribution in [1.82, 2.24) is 4.90 Å². The zero-order valence-corrected chi connectivity index (χ0v) is 10.3. The van der Waals surface area contributed by atoms with Gasteiger partial charge in [0.15, 0.2) is 5.71 Å². The number of rotatable bonds is 3. The molecule has 0 spiro atoms. The van der Waals surface area contributed by atoms with Crippen LogP contribution in [0.25, 0.3) is 0 Å². The van der Waals surface area contributed by atoms with Crippen molar-refractivity contribution in [3.8, 4) is 6.07 Å². The molecular formula is C14H17N3O. The first-order chi connectivity index (χ1) is 8.85. The van der Waals surface area contributed by atoms with Crippen LogP contribution >= 0.6 is 0 Å². The Morgan fingerprint density at radius 3 is 2.67 bits per heavy atom. The van der Waals surface area contributed by atoms with Crippen LogP contribution in [0.5, 0.6) is 0 Å². The Labute approximate surface area is 107 Å². The maximum atomic E-state index is 8.96. The van der Waals surface area contributed by atoms with E-state index in [0.29, 0.717) is 0 Å². The minimum absolute atomic E-state index is 0.0857. The van der Waals surface area contributed by atoms with Crippen molar-refractivity contribution in [1.29, 1.82) is 5.26 Å².